The van der Waals surface area contributed by atoms with Crippen LogP contribution in [0.3, 0.4) is 0 Å². The summed E-state index contributed by atoms with van der Waals surface area (Å²) in [5.41, 5.74) is 1.04. The smallest absolute Gasteiger partial charge is 0.318 e. The summed E-state index contributed by atoms with van der Waals surface area (Å²) in [6.07, 6.45) is 1.41. The molecule has 2 heterocycles. The SMILES string of the molecule is C[C@]1(c2ccccc2)NC(=O)N(/N=C\c2csc(-c3ccc(Cl)cc3)n2)C1=O. The minimum atomic E-state index is -1.15. The predicted octanol–water partition coefficient (Wildman–Crippen LogP) is 4.26. The molecule has 0 aliphatic carbocycles. The minimum Gasteiger partial charge on any atom is -0.318 e. The molecule has 3 amide bonds. The number of hydrogen-bond acceptors (Lipinski definition) is 5. The quantitative estimate of drug-likeness (QED) is 0.515. The van der Waals surface area contributed by atoms with Crippen molar-refractivity contribution in [2.45, 2.75) is 12.5 Å². The summed E-state index contributed by atoms with van der Waals surface area (Å²) in [5.74, 6) is -0.437. The van der Waals surface area contributed by atoms with Gasteiger partial charge in [0.25, 0.3) is 5.91 Å². The van der Waals surface area contributed by atoms with Crippen LogP contribution < -0.4 is 5.32 Å². The number of urea groups is 1. The Morgan fingerprint density at radius 1 is 1.14 bits per heavy atom. The van der Waals surface area contributed by atoms with E-state index in [0.717, 1.165) is 15.6 Å². The number of imide groups is 1. The summed E-state index contributed by atoms with van der Waals surface area (Å²) in [4.78, 5) is 29.6. The van der Waals surface area contributed by atoms with Crippen molar-refractivity contribution < 1.29 is 9.59 Å². The highest BCUT2D eigenvalue weighted by molar-refractivity contribution is 7.13. The molecular formula is C20H15ClN4O2S. The van der Waals surface area contributed by atoms with Gasteiger partial charge in [-0.05, 0) is 24.6 Å². The molecule has 0 saturated carbocycles. The van der Waals surface area contributed by atoms with Gasteiger partial charge in [0, 0.05) is 16.0 Å². The van der Waals surface area contributed by atoms with Crippen molar-refractivity contribution in [3.05, 3.63) is 76.3 Å². The molecule has 1 aromatic heterocycles. The number of nitrogens with one attached hydrogen (secondary N) is 1. The standard InChI is InChI=1S/C20H15ClN4O2S/c1-20(14-5-3-2-4-6-14)18(26)25(19(27)24-20)22-11-16-12-28-17(23-16)13-7-9-15(21)10-8-13/h2-12H,1H3,(H,24,27)/b22-11-/t20-/m1/s1. The summed E-state index contributed by atoms with van der Waals surface area (Å²) < 4.78 is 0. The van der Waals surface area contributed by atoms with Crippen LogP contribution in [0.2, 0.25) is 5.02 Å². The normalized spacial score (nSPS) is 19.4. The molecule has 1 fully saturated rings. The van der Waals surface area contributed by atoms with Crippen LogP contribution in [0.4, 0.5) is 4.79 Å². The second-order valence-corrected chi connectivity index (χ2v) is 7.66. The first-order valence-electron chi connectivity index (χ1n) is 8.45. The van der Waals surface area contributed by atoms with E-state index in [4.69, 9.17) is 11.6 Å². The molecular weight excluding hydrogens is 396 g/mol. The van der Waals surface area contributed by atoms with Crippen LogP contribution in [-0.2, 0) is 10.3 Å². The van der Waals surface area contributed by atoms with Crippen LogP contribution in [0.1, 0.15) is 18.2 Å². The summed E-state index contributed by atoms with van der Waals surface area (Å²) in [5, 5.41) is 10.9. The molecule has 0 radical (unpaired) electrons. The number of carbonyl (C=O) groups is 2. The lowest BCUT2D eigenvalue weighted by Crippen LogP contribution is -2.40. The molecule has 1 aliphatic rings. The average Bonchev–Trinajstić information content (AvgIpc) is 3.25. The minimum absolute atomic E-state index is 0.437. The van der Waals surface area contributed by atoms with Crippen molar-refractivity contribution in [1.29, 1.82) is 0 Å². The molecule has 1 saturated heterocycles. The van der Waals surface area contributed by atoms with Crippen LogP contribution >= 0.6 is 22.9 Å². The van der Waals surface area contributed by atoms with Crippen LogP contribution in [0, 0.1) is 0 Å². The van der Waals surface area contributed by atoms with Gasteiger partial charge in [-0.3, -0.25) is 4.79 Å². The van der Waals surface area contributed by atoms with Crippen LogP contribution in [0.25, 0.3) is 10.6 Å². The molecule has 0 spiro atoms. The molecule has 8 heteroatoms. The number of benzene rings is 2. The molecule has 28 heavy (non-hydrogen) atoms. The Labute approximate surface area is 170 Å². The maximum Gasteiger partial charge on any atom is 0.346 e. The van der Waals surface area contributed by atoms with Gasteiger partial charge in [-0.1, -0.05) is 54.1 Å². The largest absolute Gasteiger partial charge is 0.346 e. The summed E-state index contributed by atoms with van der Waals surface area (Å²) >= 11 is 7.35. The number of aromatic nitrogens is 1. The molecule has 140 valence electrons. The third-order valence-electron chi connectivity index (χ3n) is 4.44. The van der Waals surface area contributed by atoms with Crippen LogP contribution in [0.5, 0.6) is 0 Å². The van der Waals surface area contributed by atoms with Crippen molar-refractivity contribution in [3.63, 3.8) is 0 Å². The van der Waals surface area contributed by atoms with E-state index >= 15 is 0 Å². The summed E-state index contributed by atoms with van der Waals surface area (Å²) in [6, 6.07) is 15.9. The van der Waals surface area contributed by atoms with E-state index in [9.17, 15) is 9.59 Å². The van der Waals surface area contributed by atoms with E-state index in [2.05, 4.69) is 15.4 Å². The highest BCUT2D eigenvalue weighted by atomic mass is 35.5. The average molecular weight is 411 g/mol. The highest BCUT2D eigenvalue weighted by Crippen LogP contribution is 2.29. The Morgan fingerprint density at radius 3 is 2.57 bits per heavy atom. The van der Waals surface area contributed by atoms with E-state index < -0.39 is 17.5 Å². The Bertz CT molecular complexity index is 1070. The van der Waals surface area contributed by atoms with Gasteiger partial charge in [0.15, 0.2) is 0 Å². The number of rotatable bonds is 4. The lowest BCUT2D eigenvalue weighted by molar-refractivity contribution is -0.131. The molecule has 0 bridgehead atoms. The second kappa shape index (κ2) is 7.18. The van der Waals surface area contributed by atoms with E-state index in [0.29, 0.717) is 16.3 Å². The van der Waals surface area contributed by atoms with Gasteiger partial charge in [0.1, 0.15) is 10.5 Å². The molecule has 4 rings (SSSR count). The first kappa shape index (κ1) is 18.3. The fourth-order valence-electron chi connectivity index (χ4n) is 2.88. The molecule has 2 aromatic carbocycles. The lowest BCUT2D eigenvalue weighted by atomic mass is 9.92. The maximum absolute atomic E-state index is 12.8. The van der Waals surface area contributed by atoms with E-state index in [1.54, 1.807) is 31.2 Å². The number of halogens is 1. The third kappa shape index (κ3) is 3.30. The zero-order valence-corrected chi connectivity index (χ0v) is 16.4. The van der Waals surface area contributed by atoms with Gasteiger partial charge in [-0.25, -0.2) is 9.78 Å². The monoisotopic (exact) mass is 410 g/mol. The molecule has 1 aliphatic heterocycles. The number of hydrazone groups is 1. The van der Waals surface area contributed by atoms with E-state index in [1.165, 1.54) is 17.6 Å². The van der Waals surface area contributed by atoms with Crippen LogP contribution in [0.15, 0.2) is 65.1 Å². The number of thiazole rings is 1. The molecule has 1 N–H and O–H groups in total. The van der Waals surface area contributed by atoms with E-state index in [-0.39, 0.29) is 0 Å². The van der Waals surface area contributed by atoms with Gasteiger partial charge < -0.3 is 5.32 Å². The predicted molar refractivity (Wildman–Crippen MR) is 109 cm³/mol. The summed E-state index contributed by atoms with van der Waals surface area (Å²) in [6.45, 7) is 1.67. The number of nitrogens with zero attached hydrogens (tertiary/aromatic N) is 3. The van der Waals surface area contributed by atoms with Crippen LogP contribution in [-0.4, -0.2) is 28.1 Å². The lowest BCUT2D eigenvalue weighted by Gasteiger charge is -2.20. The third-order valence-corrected chi connectivity index (χ3v) is 5.60. The van der Waals surface area contributed by atoms with Gasteiger partial charge in [0.05, 0.1) is 11.9 Å². The topological polar surface area (TPSA) is 74.7 Å². The Balaban J connectivity index is 1.54. The van der Waals surface area contributed by atoms with E-state index in [1.807, 2.05) is 35.7 Å². The summed E-state index contributed by atoms with van der Waals surface area (Å²) in [7, 11) is 0. The van der Waals surface area contributed by atoms with Gasteiger partial charge in [0.2, 0.25) is 0 Å². The molecule has 0 unspecified atom stereocenters. The van der Waals surface area contributed by atoms with Crippen molar-refractivity contribution in [3.8, 4) is 10.6 Å². The van der Waals surface area contributed by atoms with Gasteiger partial charge in [-0.2, -0.15) is 5.10 Å². The van der Waals surface area contributed by atoms with Crippen molar-refractivity contribution in [2.75, 3.05) is 0 Å². The zero-order valence-electron chi connectivity index (χ0n) is 14.8. The molecule has 6 nitrogen and oxygen atoms in total. The van der Waals surface area contributed by atoms with Gasteiger partial charge in [-0.15, -0.1) is 16.3 Å². The Kier molecular flexibility index (Phi) is 4.70. The maximum atomic E-state index is 12.8. The Hall–Kier alpha value is -3.03. The fraction of sp³-hybridized carbons (Fsp3) is 0.100. The number of amides is 3. The first-order chi connectivity index (χ1) is 13.5. The Morgan fingerprint density at radius 2 is 1.86 bits per heavy atom. The highest BCUT2D eigenvalue weighted by Gasteiger charge is 2.49. The zero-order chi connectivity index (χ0) is 19.7. The number of carbonyl (C=O) groups excluding carboxylic acids is 2. The number of hydrogen-bond donors (Lipinski definition) is 1. The fourth-order valence-corrected chi connectivity index (χ4v) is 3.79. The molecule has 3 aromatic rings. The second-order valence-electron chi connectivity index (χ2n) is 6.37. The van der Waals surface area contributed by atoms with Crippen molar-refractivity contribution in [1.82, 2.24) is 15.3 Å². The van der Waals surface area contributed by atoms with Crippen molar-refractivity contribution >= 4 is 41.1 Å². The van der Waals surface area contributed by atoms with Crippen molar-refractivity contribution in [2.24, 2.45) is 5.10 Å². The first-order valence-corrected chi connectivity index (χ1v) is 9.71. The molecule has 1 atom stereocenters. The van der Waals surface area contributed by atoms with Gasteiger partial charge >= 0.3 is 6.03 Å².